The zero-order valence-electron chi connectivity index (χ0n) is 34.2. The van der Waals surface area contributed by atoms with Gasteiger partial charge in [-0.15, -0.1) is 0 Å². The van der Waals surface area contributed by atoms with E-state index in [1.807, 2.05) is 30.4 Å². The van der Waals surface area contributed by atoms with Crippen molar-refractivity contribution in [2.75, 3.05) is 41.0 Å². The molecule has 0 aliphatic rings. The van der Waals surface area contributed by atoms with Gasteiger partial charge in [0.05, 0.1) is 40.3 Å². The van der Waals surface area contributed by atoms with E-state index >= 15 is 0 Å². The molecule has 0 aromatic rings. The summed E-state index contributed by atoms with van der Waals surface area (Å²) in [5.74, 6) is -1.79. The molecule has 0 radical (unpaired) electrons. The maximum Gasteiger partial charge on any atom is 0.306 e. The number of likely N-dealkylation sites (N-methyl/N-ethyl adjacent to an activating group) is 1. The van der Waals surface area contributed by atoms with E-state index in [1.165, 1.54) is 25.7 Å². The van der Waals surface area contributed by atoms with Gasteiger partial charge in [-0.3, -0.25) is 9.59 Å². The van der Waals surface area contributed by atoms with Crippen LogP contribution in [0.15, 0.2) is 72.9 Å². The van der Waals surface area contributed by atoms with Crippen LogP contribution in [0.2, 0.25) is 0 Å². The highest BCUT2D eigenvalue weighted by Crippen LogP contribution is 2.13. The second-order valence-corrected chi connectivity index (χ2v) is 14.6. The number of carboxylic acids is 1. The minimum Gasteiger partial charge on any atom is -0.544 e. The van der Waals surface area contributed by atoms with Crippen molar-refractivity contribution in [1.82, 2.24) is 0 Å². The van der Waals surface area contributed by atoms with Crippen LogP contribution >= 0.6 is 0 Å². The first-order chi connectivity index (χ1) is 25.6. The van der Waals surface area contributed by atoms with Crippen LogP contribution in [0.5, 0.6) is 0 Å². The maximum atomic E-state index is 12.7. The zero-order valence-corrected chi connectivity index (χ0v) is 34.2. The number of rotatable bonds is 35. The average molecular weight is 742 g/mol. The van der Waals surface area contributed by atoms with E-state index in [-0.39, 0.29) is 49.1 Å². The molecule has 0 saturated heterocycles. The number of aliphatic carboxylic acids is 1. The number of carbonyl (C=O) groups is 3. The first kappa shape index (κ1) is 49.8. The summed E-state index contributed by atoms with van der Waals surface area (Å²) < 4.78 is 17.1. The number of unbranched alkanes of at least 4 members (excludes halogenated alkanes) is 12. The van der Waals surface area contributed by atoms with Gasteiger partial charge >= 0.3 is 11.9 Å². The van der Waals surface area contributed by atoms with Crippen LogP contribution in [-0.4, -0.2) is 75.5 Å². The molecule has 0 aliphatic heterocycles. The standard InChI is InChI=1S/C45H75NO7/c1-6-8-10-12-14-16-18-20-22-24-26-28-30-32-34-36-44(48)53-41(39-51-38-37-42(45(49)50)46(3,4)5)40-52-43(47)35-33-31-29-27-25-23-21-19-17-15-13-11-9-7-2/h8-12,14-18,20,22,41-42H,6-7,13,19,21,23-40H2,1-5H3/b10-8+,11-9+,14-12+,17-15+,18-16+,22-20+. The lowest BCUT2D eigenvalue weighted by molar-refractivity contribution is -0.889. The molecule has 2 atom stereocenters. The van der Waals surface area contributed by atoms with Gasteiger partial charge in [0.1, 0.15) is 12.6 Å². The van der Waals surface area contributed by atoms with Crippen molar-refractivity contribution in [1.29, 1.82) is 0 Å². The molecule has 0 spiro atoms. The topological polar surface area (TPSA) is 102 Å². The number of allylic oxidation sites excluding steroid dienone is 12. The van der Waals surface area contributed by atoms with Gasteiger partial charge in [-0.05, 0) is 57.8 Å². The van der Waals surface area contributed by atoms with Gasteiger partial charge < -0.3 is 28.6 Å². The summed E-state index contributed by atoms with van der Waals surface area (Å²) in [6, 6.07) is -0.734. The van der Waals surface area contributed by atoms with Crippen molar-refractivity contribution in [2.45, 2.75) is 154 Å². The van der Waals surface area contributed by atoms with E-state index in [9.17, 15) is 19.5 Å². The minimum atomic E-state index is -1.13. The second kappa shape index (κ2) is 35.8. The third kappa shape index (κ3) is 34.3. The molecule has 0 N–H and O–H groups in total. The van der Waals surface area contributed by atoms with Crippen molar-refractivity contribution in [3.63, 3.8) is 0 Å². The molecule has 0 aliphatic carbocycles. The summed E-state index contributed by atoms with van der Waals surface area (Å²) in [5.41, 5.74) is 0. The predicted octanol–water partition coefficient (Wildman–Crippen LogP) is 9.46. The number of ether oxygens (including phenoxy) is 3. The van der Waals surface area contributed by atoms with Gasteiger partial charge in [-0.1, -0.05) is 138 Å². The largest absolute Gasteiger partial charge is 0.544 e. The highest BCUT2D eigenvalue weighted by molar-refractivity contribution is 5.70. The Morgan fingerprint density at radius 3 is 1.68 bits per heavy atom. The van der Waals surface area contributed by atoms with Crippen LogP contribution in [0.25, 0.3) is 0 Å². The van der Waals surface area contributed by atoms with Gasteiger partial charge in [-0.2, -0.15) is 0 Å². The van der Waals surface area contributed by atoms with E-state index < -0.39 is 18.1 Å². The SMILES string of the molecule is CC/C=C/C=C/C=C/C=C/CCCCCCCC(=O)OC(COCCC(C(=O)[O-])[N+](C)(C)C)COC(=O)CCCCCCCCC/C=C/C/C=C/CC. The molecular formula is C45H75NO7. The fourth-order valence-corrected chi connectivity index (χ4v) is 5.53. The van der Waals surface area contributed by atoms with Gasteiger partial charge in [0.15, 0.2) is 6.10 Å². The van der Waals surface area contributed by atoms with Crippen molar-refractivity contribution < 1.29 is 38.2 Å². The van der Waals surface area contributed by atoms with E-state index in [1.54, 1.807) is 21.1 Å². The Kier molecular flexibility index (Phi) is 33.6. The summed E-state index contributed by atoms with van der Waals surface area (Å²) in [4.78, 5) is 36.8. The molecule has 302 valence electrons. The number of hydrogen-bond acceptors (Lipinski definition) is 7. The molecule has 0 saturated carbocycles. The maximum absolute atomic E-state index is 12.7. The van der Waals surface area contributed by atoms with Crippen molar-refractivity contribution >= 4 is 17.9 Å². The van der Waals surface area contributed by atoms with Crippen LogP contribution in [0.1, 0.15) is 142 Å². The van der Waals surface area contributed by atoms with Crippen LogP contribution in [0.4, 0.5) is 0 Å². The highest BCUT2D eigenvalue weighted by Gasteiger charge is 2.25. The fourth-order valence-electron chi connectivity index (χ4n) is 5.53. The monoisotopic (exact) mass is 742 g/mol. The summed E-state index contributed by atoms with van der Waals surface area (Å²) in [6.07, 6.45) is 43.5. The van der Waals surface area contributed by atoms with E-state index in [4.69, 9.17) is 14.2 Å². The second-order valence-electron chi connectivity index (χ2n) is 14.6. The van der Waals surface area contributed by atoms with E-state index in [2.05, 4.69) is 56.4 Å². The van der Waals surface area contributed by atoms with Crippen molar-refractivity contribution in [2.24, 2.45) is 0 Å². The zero-order chi connectivity index (χ0) is 39.3. The van der Waals surface area contributed by atoms with E-state index in [0.29, 0.717) is 6.42 Å². The van der Waals surface area contributed by atoms with Crippen LogP contribution < -0.4 is 5.11 Å². The molecule has 8 nitrogen and oxygen atoms in total. The Balaban J connectivity index is 4.45. The molecule has 8 heteroatoms. The lowest BCUT2D eigenvalue weighted by Gasteiger charge is -2.34. The Morgan fingerprint density at radius 2 is 1.09 bits per heavy atom. The quantitative estimate of drug-likeness (QED) is 0.0210. The highest BCUT2D eigenvalue weighted by atomic mass is 16.6. The number of carbonyl (C=O) groups excluding carboxylic acids is 3. The van der Waals surface area contributed by atoms with Gasteiger partial charge in [0.25, 0.3) is 0 Å². The molecular weight excluding hydrogens is 666 g/mol. The Hall–Kier alpha value is -3.23. The number of hydrogen-bond donors (Lipinski definition) is 0. The molecule has 0 heterocycles. The van der Waals surface area contributed by atoms with Gasteiger partial charge in [0.2, 0.25) is 0 Å². The molecule has 0 bridgehead atoms. The lowest BCUT2D eigenvalue weighted by atomic mass is 10.1. The number of carboxylic acid groups (broad SMARTS) is 1. The van der Waals surface area contributed by atoms with Gasteiger partial charge in [-0.25, -0.2) is 0 Å². The third-order valence-electron chi connectivity index (χ3n) is 8.68. The molecule has 0 aromatic carbocycles. The first-order valence-corrected chi connectivity index (χ1v) is 20.5. The first-order valence-electron chi connectivity index (χ1n) is 20.5. The van der Waals surface area contributed by atoms with Crippen LogP contribution in [-0.2, 0) is 28.6 Å². The minimum absolute atomic E-state index is 0.0243. The Labute approximate surface area is 323 Å². The number of quaternary nitrogens is 1. The number of nitrogens with zero attached hydrogens (tertiary/aromatic N) is 1. The lowest BCUT2D eigenvalue weighted by Crippen LogP contribution is -2.55. The van der Waals surface area contributed by atoms with Crippen LogP contribution in [0, 0.1) is 0 Å². The third-order valence-corrected chi connectivity index (χ3v) is 8.68. The normalized spacial score (nSPS) is 13.8. The van der Waals surface area contributed by atoms with E-state index in [0.717, 1.165) is 83.5 Å². The average Bonchev–Trinajstić information content (AvgIpc) is 3.11. The summed E-state index contributed by atoms with van der Waals surface area (Å²) in [6.45, 7) is 4.36. The molecule has 0 fully saturated rings. The summed E-state index contributed by atoms with van der Waals surface area (Å²) in [5, 5.41) is 11.6. The Bertz CT molecular complexity index is 1100. The fraction of sp³-hybridized carbons (Fsp3) is 0.667. The van der Waals surface area contributed by atoms with Gasteiger partial charge in [0, 0.05) is 19.3 Å². The summed E-state index contributed by atoms with van der Waals surface area (Å²) >= 11 is 0. The smallest absolute Gasteiger partial charge is 0.306 e. The molecule has 53 heavy (non-hydrogen) atoms. The number of esters is 2. The molecule has 2 unspecified atom stereocenters. The van der Waals surface area contributed by atoms with Crippen LogP contribution in [0.3, 0.4) is 0 Å². The Morgan fingerprint density at radius 1 is 0.585 bits per heavy atom. The summed E-state index contributed by atoms with van der Waals surface area (Å²) in [7, 11) is 5.38. The molecule has 0 amide bonds. The van der Waals surface area contributed by atoms with Crippen molar-refractivity contribution in [3.05, 3.63) is 72.9 Å². The molecule has 0 aromatic heterocycles. The predicted molar refractivity (Wildman–Crippen MR) is 217 cm³/mol. The van der Waals surface area contributed by atoms with Crippen molar-refractivity contribution in [3.8, 4) is 0 Å². The molecule has 0 rings (SSSR count).